The van der Waals surface area contributed by atoms with Crippen molar-refractivity contribution in [1.82, 2.24) is 0 Å². The lowest BCUT2D eigenvalue weighted by Crippen LogP contribution is -2.31. The summed E-state index contributed by atoms with van der Waals surface area (Å²) in [6.07, 6.45) is -0.928. The molecule has 0 fully saturated rings. The monoisotopic (exact) mass is 361 g/mol. The second kappa shape index (κ2) is 8.53. The number of ether oxygens (including phenoxy) is 2. The largest absolute Gasteiger partial charge is 0.482 e. The van der Waals surface area contributed by atoms with Crippen LogP contribution in [0, 0.1) is 13.8 Å². The molecule has 1 amide bonds. The van der Waals surface area contributed by atoms with E-state index in [4.69, 9.17) is 21.1 Å². The first-order valence-corrected chi connectivity index (χ1v) is 8.19. The van der Waals surface area contributed by atoms with Crippen molar-refractivity contribution >= 4 is 29.2 Å². The van der Waals surface area contributed by atoms with E-state index in [0.29, 0.717) is 16.5 Å². The molecule has 0 bridgehead atoms. The van der Waals surface area contributed by atoms with Crippen molar-refractivity contribution in [3.05, 3.63) is 58.6 Å². The topological polar surface area (TPSA) is 64.6 Å². The Kier molecular flexibility index (Phi) is 6.42. The second-order valence-electron chi connectivity index (χ2n) is 5.64. The number of esters is 1. The molecule has 1 N–H and O–H groups in total. The molecule has 5 nitrogen and oxygen atoms in total. The summed E-state index contributed by atoms with van der Waals surface area (Å²) < 4.78 is 10.5. The van der Waals surface area contributed by atoms with E-state index in [1.54, 1.807) is 24.3 Å². The van der Waals surface area contributed by atoms with Crippen LogP contribution in [0.5, 0.6) is 5.75 Å². The van der Waals surface area contributed by atoms with Crippen LogP contribution in [-0.4, -0.2) is 24.6 Å². The highest BCUT2D eigenvalue weighted by molar-refractivity contribution is 6.31. The van der Waals surface area contributed by atoms with E-state index in [0.717, 1.165) is 11.1 Å². The van der Waals surface area contributed by atoms with Gasteiger partial charge in [0, 0.05) is 10.7 Å². The van der Waals surface area contributed by atoms with E-state index in [1.165, 1.54) is 6.92 Å². The van der Waals surface area contributed by atoms with Crippen LogP contribution in [0.4, 0.5) is 5.69 Å². The van der Waals surface area contributed by atoms with Crippen molar-refractivity contribution in [2.24, 2.45) is 0 Å². The van der Waals surface area contributed by atoms with Crippen LogP contribution >= 0.6 is 11.6 Å². The minimum atomic E-state index is -0.928. The highest BCUT2D eigenvalue weighted by atomic mass is 35.5. The third-order valence-corrected chi connectivity index (χ3v) is 3.99. The first kappa shape index (κ1) is 18.8. The molecule has 0 aromatic heterocycles. The van der Waals surface area contributed by atoms with E-state index in [9.17, 15) is 9.59 Å². The Labute approximate surface area is 151 Å². The van der Waals surface area contributed by atoms with Crippen LogP contribution in [0.1, 0.15) is 18.1 Å². The third-order valence-electron chi connectivity index (χ3n) is 3.57. The minimum Gasteiger partial charge on any atom is -0.482 e. The molecule has 0 heterocycles. The predicted molar refractivity (Wildman–Crippen MR) is 97.0 cm³/mol. The van der Waals surface area contributed by atoms with E-state index in [-0.39, 0.29) is 6.61 Å². The molecule has 2 rings (SSSR count). The van der Waals surface area contributed by atoms with Crippen LogP contribution in [0.3, 0.4) is 0 Å². The first-order chi connectivity index (χ1) is 11.9. The quantitative estimate of drug-likeness (QED) is 0.792. The van der Waals surface area contributed by atoms with Gasteiger partial charge in [0.25, 0.3) is 5.91 Å². The van der Waals surface area contributed by atoms with Gasteiger partial charge in [0.05, 0.1) is 0 Å². The van der Waals surface area contributed by atoms with Crippen LogP contribution in [0.25, 0.3) is 0 Å². The molecule has 0 spiro atoms. The number of hydrogen-bond acceptors (Lipinski definition) is 4. The van der Waals surface area contributed by atoms with Gasteiger partial charge in [-0.05, 0) is 56.2 Å². The predicted octanol–water partition coefficient (Wildman–Crippen LogP) is 3.91. The van der Waals surface area contributed by atoms with Crippen molar-refractivity contribution in [2.75, 3.05) is 11.9 Å². The van der Waals surface area contributed by atoms with E-state index >= 15 is 0 Å². The molecule has 6 heteroatoms. The number of carbonyl (C=O) groups is 2. The van der Waals surface area contributed by atoms with Gasteiger partial charge in [-0.3, -0.25) is 4.79 Å². The molecule has 0 aliphatic rings. The van der Waals surface area contributed by atoms with Crippen LogP contribution in [-0.2, 0) is 14.3 Å². The molecule has 25 heavy (non-hydrogen) atoms. The van der Waals surface area contributed by atoms with Crippen molar-refractivity contribution in [3.63, 3.8) is 0 Å². The standard InChI is InChI=1S/C19H20ClNO4/c1-12-6-4-5-7-17(12)21-19(23)14(3)25-18(22)11-24-15-8-9-16(20)13(2)10-15/h4-10,14H,11H2,1-3H3,(H,21,23). The average molecular weight is 362 g/mol. The number of carbonyl (C=O) groups excluding carboxylic acids is 2. The molecule has 0 aliphatic carbocycles. The van der Waals surface area contributed by atoms with Gasteiger partial charge in [-0.2, -0.15) is 0 Å². The maximum absolute atomic E-state index is 12.1. The fourth-order valence-electron chi connectivity index (χ4n) is 2.08. The molecule has 2 aromatic rings. The van der Waals surface area contributed by atoms with Crippen LogP contribution in [0.2, 0.25) is 5.02 Å². The lowest BCUT2D eigenvalue weighted by molar-refractivity contribution is -0.155. The molecule has 132 valence electrons. The normalized spacial score (nSPS) is 11.5. The molecule has 1 atom stereocenters. The van der Waals surface area contributed by atoms with Gasteiger partial charge in [-0.15, -0.1) is 0 Å². The summed E-state index contributed by atoms with van der Waals surface area (Å²) >= 11 is 5.93. The van der Waals surface area contributed by atoms with Gasteiger partial charge in [0.2, 0.25) is 0 Å². The highest BCUT2D eigenvalue weighted by Crippen LogP contribution is 2.21. The summed E-state index contributed by atoms with van der Waals surface area (Å²) in [6, 6.07) is 12.4. The van der Waals surface area contributed by atoms with Crippen molar-refractivity contribution in [3.8, 4) is 5.75 Å². The number of benzene rings is 2. The van der Waals surface area contributed by atoms with Crippen LogP contribution in [0.15, 0.2) is 42.5 Å². The number of aryl methyl sites for hydroxylation is 2. The zero-order chi connectivity index (χ0) is 18.4. The Morgan fingerprint density at radius 3 is 2.52 bits per heavy atom. The molecule has 2 aromatic carbocycles. The molecular formula is C19H20ClNO4. The SMILES string of the molecule is Cc1cc(OCC(=O)OC(C)C(=O)Nc2ccccc2C)ccc1Cl. The van der Waals surface area contributed by atoms with Crippen LogP contribution < -0.4 is 10.1 Å². The third kappa shape index (κ3) is 5.50. The minimum absolute atomic E-state index is 0.289. The van der Waals surface area contributed by atoms with Crippen molar-refractivity contribution < 1.29 is 19.1 Å². The summed E-state index contributed by atoms with van der Waals surface area (Å²) in [5.41, 5.74) is 2.46. The Morgan fingerprint density at radius 1 is 1.12 bits per heavy atom. The maximum atomic E-state index is 12.1. The van der Waals surface area contributed by atoms with E-state index < -0.39 is 18.0 Å². The number of hydrogen-bond donors (Lipinski definition) is 1. The van der Waals surface area contributed by atoms with Gasteiger partial charge in [-0.25, -0.2) is 4.79 Å². The molecule has 1 unspecified atom stereocenters. The number of anilines is 1. The Hall–Kier alpha value is -2.53. The van der Waals surface area contributed by atoms with Gasteiger partial charge < -0.3 is 14.8 Å². The summed E-state index contributed by atoms with van der Waals surface area (Å²) in [6.45, 7) is 4.95. The number of para-hydroxylation sites is 1. The Balaban J connectivity index is 1.83. The average Bonchev–Trinajstić information content (AvgIpc) is 2.58. The number of nitrogens with one attached hydrogen (secondary N) is 1. The maximum Gasteiger partial charge on any atom is 0.344 e. The zero-order valence-electron chi connectivity index (χ0n) is 14.3. The lowest BCUT2D eigenvalue weighted by atomic mass is 10.2. The smallest absolute Gasteiger partial charge is 0.344 e. The van der Waals surface area contributed by atoms with Gasteiger partial charge in [-0.1, -0.05) is 29.8 Å². The lowest BCUT2D eigenvalue weighted by Gasteiger charge is -2.15. The summed E-state index contributed by atoms with van der Waals surface area (Å²) in [5.74, 6) is -0.513. The number of rotatable bonds is 6. The number of amides is 1. The summed E-state index contributed by atoms with van der Waals surface area (Å²) in [4.78, 5) is 24.0. The fourth-order valence-corrected chi connectivity index (χ4v) is 2.20. The Bertz CT molecular complexity index is 776. The zero-order valence-corrected chi connectivity index (χ0v) is 15.1. The molecule has 0 saturated heterocycles. The summed E-state index contributed by atoms with van der Waals surface area (Å²) in [5, 5.41) is 3.35. The van der Waals surface area contributed by atoms with Gasteiger partial charge in [0.1, 0.15) is 5.75 Å². The van der Waals surface area contributed by atoms with E-state index in [1.807, 2.05) is 32.0 Å². The summed E-state index contributed by atoms with van der Waals surface area (Å²) in [7, 11) is 0. The van der Waals surface area contributed by atoms with E-state index in [2.05, 4.69) is 5.32 Å². The van der Waals surface area contributed by atoms with Gasteiger partial charge >= 0.3 is 5.97 Å². The molecular weight excluding hydrogens is 342 g/mol. The fraction of sp³-hybridized carbons (Fsp3) is 0.263. The molecule has 0 aliphatic heterocycles. The number of halogens is 1. The second-order valence-corrected chi connectivity index (χ2v) is 6.04. The Morgan fingerprint density at radius 2 is 1.84 bits per heavy atom. The van der Waals surface area contributed by atoms with Gasteiger partial charge in [0.15, 0.2) is 12.7 Å². The van der Waals surface area contributed by atoms with Crippen molar-refractivity contribution in [1.29, 1.82) is 0 Å². The molecule has 0 radical (unpaired) electrons. The van der Waals surface area contributed by atoms with Crippen molar-refractivity contribution in [2.45, 2.75) is 26.9 Å². The molecule has 0 saturated carbocycles. The highest BCUT2D eigenvalue weighted by Gasteiger charge is 2.18. The first-order valence-electron chi connectivity index (χ1n) is 7.81.